The Hall–Kier alpha value is -0.800. The Morgan fingerprint density at radius 1 is 1.44 bits per heavy atom. The highest BCUT2D eigenvalue weighted by Gasteiger charge is 2.25. The van der Waals surface area contributed by atoms with Crippen molar-refractivity contribution in [3.63, 3.8) is 0 Å². The second-order valence-corrected chi connectivity index (χ2v) is 5.76. The molecule has 0 amide bonds. The lowest BCUT2D eigenvalue weighted by molar-refractivity contribution is 0.117. The van der Waals surface area contributed by atoms with Crippen LogP contribution in [-0.4, -0.2) is 30.6 Å². The molecule has 3 heteroatoms. The molecule has 1 aliphatic rings. The summed E-state index contributed by atoms with van der Waals surface area (Å²) in [7, 11) is 0. The van der Waals surface area contributed by atoms with Gasteiger partial charge in [0.05, 0.1) is 12.3 Å². The van der Waals surface area contributed by atoms with Crippen LogP contribution < -0.4 is 5.32 Å². The predicted octanol–water partition coefficient (Wildman–Crippen LogP) is 3.05. The third-order valence-corrected chi connectivity index (χ3v) is 3.87. The zero-order chi connectivity index (χ0) is 13.0. The minimum Gasteiger partial charge on any atom is -0.468 e. The van der Waals surface area contributed by atoms with E-state index in [-0.39, 0.29) is 0 Å². The highest BCUT2D eigenvalue weighted by Crippen LogP contribution is 2.26. The molecule has 1 aromatic rings. The van der Waals surface area contributed by atoms with Gasteiger partial charge in [-0.2, -0.15) is 0 Å². The molecule has 1 aliphatic heterocycles. The van der Waals surface area contributed by atoms with E-state index in [0.29, 0.717) is 12.1 Å². The summed E-state index contributed by atoms with van der Waals surface area (Å²) < 4.78 is 5.52. The minimum atomic E-state index is 0.404. The van der Waals surface area contributed by atoms with Crippen LogP contribution in [-0.2, 0) is 0 Å². The van der Waals surface area contributed by atoms with Gasteiger partial charge >= 0.3 is 0 Å². The monoisotopic (exact) mass is 250 g/mol. The molecule has 0 aliphatic carbocycles. The summed E-state index contributed by atoms with van der Waals surface area (Å²) in [6.07, 6.45) is 4.42. The largest absolute Gasteiger partial charge is 0.468 e. The lowest BCUT2D eigenvalue weighted by Crippen LogP contribution is -2.41. The van der Waals surface area contributed by atoms with Crippen molar-refractivity contribution in [3.05, 3.63) is 24.2 Å². The van der Waals surface area contributed by atoms with Crippen LogP contribution in [0.3, 0.4) is 0 Å². The molecule has 2 atom stereocenters. The van der Waals surface area contributed by atoms with E-state index in [1.54, 1.807) is 6.26 Å². The molecule has 2 rings (SSSR count). The number of nitrogens with zero attached hydrogens (tertiary/aromatic N) is 1. The molecule has 1 saturated heterocycles. The number of hydrogen-bond donors (Lipinski definition) is 1. The third-order valence-electron chi connectivity index (χ3n) is 3.87. The lowest BCUT2D eigenvalue weighted by atomic mass is 9.96. The van der Waals surface area contributed by atoms with Crippen LogP contribution in [0.5, 0.6) is 0 Å². The van der Waals surface area contributed by atoms with Crippen molar-refractivity contribution in [2.75, 3.05) is 19.6 Å². The molecule has 1 aromatic heterocycles. The van der Waals surface area contributed by atoms with Gasteiger partial charge in [0.15, 0.2) is 0 Å². The summed E-state index contributed by atoms with van der Waals surface area (Å²) >= 11 is 0. The lowest BCUT2D eigenvalue weighted by Gasteiger charge is -2.36. The van der Waals surface area contributed by atoms with Crippen molar-refractivity contribution in [2.45, 2.75) is 45.7 Å². The molecule has 3 nitrogen and oxygen atoms in total. The smallest absolute Gasteiger partial charge is 0.120 e. The number of hydrogen-bond acceptors (Lipinski definition) is 3. The molecular formula is C15H26N2O. The van der Waals surface area contributed by atoms with Crippen LogP contribution >= 0.6 is 0 Å². The van der Waals surface area contributed by atoms with Gasteiger partial charge in [-0.3, -0.25) is 4.90 Å². The van der Waals surface area contributed by atoms with Gasteiger partial charge in [0.25, 0.3) is 0 Å². The number of rotatable bonds is 5. The summed E-state index contributed by atoms with van der Waals surface area (Å²) in [6, 6.07) is 5.05. The van der Waals surface area contributed by atoms with Crippen LogP contribution in [0.2, 0.25) is 0 Å². The Kier molecular flexibility index (Phi) is 4.84. The second-order valence-electron chi connectivity index (χ2n) is 5.76. The Morgan fingerprint density at radius 3 is 2.94 bits per heavy atom. The molecule has 0 aromatic carbocycles. The molecular weight excluding hydrogens is 224 g/mol. The average Bonchev–Trinajstić information content (AvgIpc) is 2.89. The van der Waals surface area contributed by atoms with E-state index in [1.807, 2.05) is 6.07 Å². The molecule has 102 valence electrons. The maximum Gasteiger partial charge on any atom is 0.120 e. The first-order chi connectivity index (χ1) is 8.66. The molecule has 2 heterocycles. The number of piperidine rings is 1. The Bertz CT molecular complexity index is 334. The van der Waals surface area contributed by atoms with Gasteiger partial charge in [-0.1, -0.05) is 13.8 Å². The van der Waals surface area contributed by atoms with Gasteiger partial charge in [0.1, 0.15) is 5.76 Å². The number of furan rings is 1. The van der Waals surface area contributed by atoms with Crippen molar-refractivity contribution in [1.29, 1.82) is 0 Å². The van der Waals surface area contributed by atoms with Crippen molar-refractivity contribution in [3.8, 4) is 0 Å². The summed E-state index contributed by atoms with van der Waals surface area (Å²) in [6.45, 7) is 10.2. The van der Waals surface area contributed by atoms with E-state index >= 15 is 0 Å². The quantitative estimate of drug-likeness (QED) is 0.870. The molecule has 1 N–H and O–H groups in total. The van der Waals surface area contributed by atoms with Gasteiger partial charge in [-0.05, 0) is 50.9 Å². The Labute approximate surface area is 111 Å². The first kappa shape index (κ1) is 13.6. The van der Waals surface area contributed by atoms with Crippen molar-refractivity contribution < 1.29 is 4.42 Å². The van der Waals surface area contributed by atoms with E-state index in [2.05, 4.69) is 37.1 Å². The Morgan fingerprint density at radius 2 is 2.28 bits per heavy atom. The van der Waals surface area contributed by atoms with Crippen molar-refractivity contribution in [2.24, 2.45) is 5.92 Å². The van der Waals surface area contributed by atoms with Crippen molar-refractivity contribution >= 4 is 0 Å². The van der Waals surface area contributed by atoms with Crippen LogP contribution in [0.1, 0.15) is 45.4 Å². The van der Waals surface area contributed by atoms with E-state index in [0.717, 1.165) is 18.2 Å². The van der Waals surface area contributed by atoms with E-state index in [9.17, 15) is 0 Å². The normalized spacial score (nSPS) is 23.4. The summed E-state index contributed by atoms with van der Waals surface area (Å²) in [5.74, 6) is 1.87. The van der Waals surface area contributed by atoms with Gasteiger partial charge in [-0.15, -0.1) is 0 Å². The number of likely N-dealkylation sites (tertiary alicyclic amines) is 1. The summed E-state index contributed by atoms with van der Waals surface area (Å²) in [5.41, 5.74) is 0. The zero-order valence-electron chi connectivity index (χ0n) is 11.9. The van der Waals surface area contributed by atoms with Gasteiger partial charge in [0, 0.05) is 12.6 Å². The molecule has 0 saturated carbocycles. The molecule has 0 bridgehead atoms. The van der Waals surface area contributed by atoms with Crippen LogP contribution in [0.4, 0.5) is 0 Å². The minimum absolute atomic E-state index is 0.404. The molecule has 2 unspecified atom stereocenters. The van der Waals surface area contributed by atoms with Crippen LogP contribution in [0, 0.1) is 5.92 Å². The van der Waals surface area contributed by atoms with E-state index in [1.165, 1.54) is 25.9 Å². The second kappa shape index (κ2) is 6.39. The summed E-state index contributed by atoms with van der Waals surface area (Å²) in [4.78, 5) is 2.55. The van der Waals surface area contributed by atoms with Gasteiger partial charge in [0.2, 0.25) is 0 Å². The number of nitrogens with one attached hydrogen (secondary N) is 1. The zero-order valence-corrected chi connectivity index (χ0v) is 11.9. The first-order valence-electron chi connectivity index (χ1n) is 7.17. The van der Waals surface area contributed by atoms with Gasteiger partial charge in [-0.25, -0.2) is 0 Å². The third kappa shape index (κ3) is 3.59. The summed E-state index contributed by atoms with van der Waals surface area (Å²) in [5, 5.41) is 3.56. The van der Waals surface area contributed by atoms with Crippen LogP contribution in [0.25, 0.3) is 0 Å². The predicted molar refractivity (Wildman–Crippen MR) is 74.6 cm³/mol. The standard InChI is InChI=1S/C15H26N2O/c1-12(2)16-10-14-6-4-8-17(11-14)13(3)15-7-5-9-18-15/h5,7,9,12-14,16H,4,6,8,10-11H2,1-3H3. The van der Waals surface area contributed by atoms with E-state index < -0.39 is 0 Å². The fourth-order valence-corrected chi connectivity index (χ4v) is 2.73. The maximum absolute atomic E-state index is 5.52. The van der Waals surface area contributed by atoms with Crippen LogP contribution in [0.15, 0.2) is 22.8 Å². The molecule has 18 heavy (non-hydrogen) atoms. The van der Waals surface area contributed by atoms with Crippen molar-refractivity contribution in [1.82, 2.24) is 10.2 Å². The SMILES string of the molecule is CC(C)NCC1CCCN(C(C)c2ccco2)C1. The highest BCUT2D eigenvalue weighted by atomic mass is 16.3. The topological polar surface area (TPSA) is 28.4 Å². The highest BCUT2D eigenvalue weighted by molar-refractivity contribution is 5.04. The molecule has 0 radical (unpaired) electrons. The fraction of sp³-hybridized carbons (Fsp3) is 0.733. The maximum atomic E-state index is 5.52. The molecule has 1 fully saturated rings. The fourth-order valence-electron chi connectivity index (χ4n) is 2.73. The van der Waals surface area contributed by atoms with E-state index in [4.69, 9.17) is 4.42 Å². The average molecular weight is 250 g/mol. The van der Waals surface area contributed by atoms with Gasteiger partial charge < -0.3 is 9.73 Å². The molecule has 0 spiro atoms. The Balaban J connectivity index is 1.86. The first-order valence-corrected chi connectivity index (χ1v) is 7.17.